The number of rotatable bonds is 3. The number of carbonyl (C=O) groups excluding carboxylic acids is 1. The molecule has 0 radical (unpaired) electrons. The molecule has 0 aliphatic carbocycles. The van der Waals surface area contributed by atoms with Crippen LogP contribution in [0.5, 0.6) is 0 Å². The Morgan fingerprint density at radius 2 is 2.19 bits per heavy atom. The Morgan fingerprint density at radius 1 is 1.50 bits per heavy atom. The normalized spacial score (nSPS) is 21.1. The molecule has 4 nitrogen and oxygen atoms in total. The Balaban J connectivity index is 0.00000225. The van der Waals surface area contributed by atoms with Crippen LogP contribution in [-0.2, 0) is 9.53 Å². The zero-order chi connectivity index (χ0) is 11.3. The molecule has 1 aliphatic heterocycles. The van der Waals surface area contributed by atoms with Gasteiger partial charge in [-0.25, -0.2) is 0 Å². The lowest BCUT2D eigenvalue weighted by atomic mass is 9.92. The van der Waals surface area contributed by atoms with Crippen molar-refractivity contribution in [3.63, 3.8) is 0 Å². The van der Waals surface area contributed by atoms with Crippen molar-refractivity contribution in [2.45, 2.75) is 33.3 Å². The summed E-state index contributed by atoms with van der Waals surface area (Å²) in [5, 5.41) is 6.04. The SMILES string of the molecule is CC(C)(C)CCNC(=O)[C@@H]1CNCCO1.Cl. The van der Waals surface area contributed by atoms with Gasteiger partial charge in [-0.1, -0.05) is 20.8 Å². The average molecular weight is 251 g/mol. The van der Waals surface area contributed by atoms with Gasteiger partial charge in [-0.15, -0.1) is 12.4 Å². The van der Waals surface area contributed by atoms with E-state index in [-0.39, 0.29) is 29.8 Å². The summed E-state index contributed by atoms with van der Waals surface area (Å²) in [5.41, 5.74) is 0.263. The number of nitrogens with one attached hydrogen (secondary N) is 2. The van der Waals surface area contributed by atoms with Crippen molar-refractivity contribution < 1.29 is 9.53 Å². The second-order valence-electron chi connectivity index (χ2n) is 5.17. The van der Waals surface area contributed by atoms with Crippen LogP contribution in [0.3, 0.4) is 0 Å². The third-order valence-corrected chi connectivity index (χ3v) is 2.39. The van der Waals surface area contributed by atoms with Gasteiger partial charge in [0.25, 0.3) is 0 Å². The molecule has 1 amide bonds. The third-order valence-electron chi connectivity index (χ3n) is 2.39. The van der Waals surface area contributed by atoms with Gasteiger partial charge in [-0.05, 0) is 11.8 Å². The smallest absolute Gasteiger partial charge is 0.250 e. The summed E-state index contributed by atoms with van der Waals surface area (Å²) in [4.78, 5) is 11.6. The van der Waals surface area contributed by atoms with E-state index in [1.165, 1.54) is 0 Å². The third kappa shape index (κ3) is 6.30. The summed E-state index contributed by atoms with van der Waals surface area (Å²) in [6, 6.07) is 0. The monoisotopic (exact) mass is 250 g/mol. The van der Waals surface area contributed by atoms with E-state index >= 15 is 0 Å². The highest BCUT2D eigenvalue weighted by Gasteiger charge is 2.21. The van der Waals surface area contributed by atoms with Crippen LogP contribution in [0.2, 0.25) is 0 Å². The molecule has 96 valence electrons. The molecule has 1 heterocycles. The van der Waals surface area contributed by atoms with Crippen LogP contribution < -0.4 is 10.6 Å². The van der Waals surface area contributed by atoms with Crippen LogP contribution in [-0.4, -0.2) is 38.3 Å². The molecule has 0 bridgehead atoms. The van der Waals surface area contributed by atoms with Gasteiger partial charge in [-0.2, -0.15) is 0 Å². The Morgan fingerprint density at radius 3 is 2.69 bits per heavy atom. The molecule has 0 unspecified atom stereocenters. The van der Waals surface area contributed by atoms with E-state index in [0.29, 0.717) is 13.2 Å². The Labute approximate surface area is 104 Å². The van der Waals surface area contributed by atoms with Crippen molar-refractivity contribution in [2.24, 2.45) is 5.41 Å². The minimum atomic E-state index is -0.307. The fourth-order valence-electron chi connectivity index (χ4n) is 1.41. The lowest BCUT2D eigenvalue weighted by Crippen LogP contribution is -2.48. The maximum absolute atomic E-state index is 11.6. The van der Waals surface area contributed by atoms with Crippen LogP contribution in [0.4, 0.5) is 0 Å². The molecular formula is C11H23ClN2O2. The molecule has 2 N–H and O–H groups in total. The van der Waals surface area contributed by atoms with E-state index in [2.05, 4.69) is 31.4 Å². The highest BCUT2D eigenvalue weighted by atomic mass is 35.5. The summed E-state index contributed by atoms with van der Waals surface area (Å²) in [6.07, 6.45) is 0.678. The van der Waals surface area contributed by atoms with Crippen molar-refractivity contribution >= 4 is 18.3 Å². The molecular weight excluding hydrogens is 228 g/mol. The highest BCUT2D eigenvalue weighted by Crippen LogP contribution is 2.16. The van der Waals surface area contributed by atoms with Crippen LogP contribution in [0.1, 0.15) is 27.2 Å². The fourth-order valence-corrected chi connectivity index (χ4v) is 1.41. The number of morpholine rings is 1. The predicted octanol–water partition coefficient (Wildman–Crippen LogP) is 0.949. The molecule has 1 saturated heterocycles. The summed E-state index contributed by atoms with van der Waals surface area (Å²) in [6.45, 7) is 9.31. The first-order valence-corrected chi connectivity index (χ1v) is 5.59. The fraction of sp³-hybridized carbons (Fsp3) is 0.909. The molecule has 0 aromatic carbocycles. The van der Waals surface area contributed by atoms with Gasteiger partial charge in [0.2, 0.25) is 5.91 Å². The Bertz CT molecular complexity index is 211. The topological polar surface area (TPSA) is 50.4 Å². The first-order valence-electron chi connectivity index (χ1n) is 5.59. The van der Waals surface area contributed by atoms with Crippen LogP contribution in [0, 0.1) is 5.41 Å². The molecule has 1 fully saturated rings. The molecule has 0 spiro atoms. The van der Waals surface area contributed by atoms with Crippen LogP contribution >= 0.6 is 12.4 Å². The summed E-state index contributed by atoms with van der Waals surface area (Å²) in [5.74, 6) is 0.00597. The molecule has 0 aromatic heterocycles. The number of hydrogen-bond acceptors (Lipinski definition) is 3. The van der Waals surface area contributed by atoms with Gasteiger partial charge in [0.1, 0.15) is 6.10 Å². The van der Waals surface area contributed by atoms with Crippen molar-refractivity contribution in [1.29, 1.82) is 0 Å². The molecule has 1 atom stereocenters. The largest absolute Gasteiger partial charge is 0.366 e. The molecule has 5 heteroatoms. The number of ether oxygens (including phenoxy) is 1. The van der Waals surface area contributed by atoms with Gasteiger partial charge in [0.05, 0.1) is 6.61 Å². The molecule has 16 heavy (non-hydrogen) atoms. The second-order valence-corrected chi connectivity index (χ2v) is 5.17. The minimum absolute atomic E-state index is 0. The van der Waals surface area contributed by atoms with Crippen molar-refractivity contribution in [1.82, 2.24) is 10.6 Å². The van der Waals surface area contributed by atoms with Crippen molar-refractivity contribution in [3.8, 4) is 0 Å². The Kier molecular flexibility index (Phi) is 6.95. The summed E-state index contributed by atoms with van der Waals surface area (Å²) >= 11 is 0. The van der Waals surface area contributed by atoms with Crippen molar-refractivity contribution in [2.75, 3.05) is 26.2 Å². The predicted molar refractivity (Wildman–Crippen MR) is 66.9 cm³/mol. The van der Waals surface area contributed by atoms with Crippen LogP contribution in [0.15, 0.2) is 0 Å². The van der Waals surface area contributed by atoms with Crippen molar-refractivity contribution in [3.05, 3.63) is 0 Å². The second kappa shape index (κ2) is 7.09. The van der Waals surface area contributed by atoms with Gasteiger partial charge in [-0.3, -0.25) is 4.79 Å². The quantitative estimate of drug-likeness (QED) is 0.784. The van der Waals surface area contributed by atoms with E-state index in [4.69, 9.17) is 4.74 Å². The van der Waals surface area contributed by atoms with E-state index in [1.54, 1.807) is 0 Å². The van der Waals surface area contributed by atoms with Gasteiger partial charge in [0, 0.05) is 19.6 Å². The van der Waals surface area contributed by atoms with Gasteiger partial charge < -0.3 is 15.4 Å². The Hall–Kier alpha value is -0.320. The van der Waals surface area contributed by atoms with Gasteiger partial charge in [0.15, 0.2) is 0 Å². The van der Waals surface area contributed by atoms with Crippen LogP contribution in [0.25, 0.3) is 0 Å². The lowest BCUT2D eigenvalue weighted by Gasteiger charge is -2.24. The first-order chi connectivity index (χ1) is 6.99. The van der Waals surface area contributed by atoms with E-state index in [1.807, 2.05) is 0 Å². The van der Waals surface area contributed by atoms with Gasteiger partial charge >= 0.3 is 0 Å². The molecule has 1 aliphatic rings. The minimum Gasteiger partial charge on any atom is -0.366 e. The zero-order valence-corrected chi connectivity index (χ0v) is 11.2. The molecule has 1 rings (SSSR count). The lowest BCUT2D eigenvalue weighted by molar-refractivity contribution is -0.134. The maximum atomic E-state index is 11.6. The van der Waals surface area contributed by atoms with E-state index in [0.717, 1.165) is 19.5 Å². The number of carbonyl (C=O) groups is 1. The molecule has 0 saturated carbocycles. The van der Waals surface area contributed by atoms with E-state index in [9.17, 15) is 4.79 Å². The maximum Gasteiger partial charge on any atom is 0.250 e. The zero-order valence-electron chi connectivity index (χ0n) is 10.3. The summed E-state index contributed by atoms with van der Waals surface area (Å²) < 4.78 is 5.35. The van der Waals surface area contributed by atoms with E-state index < -0.39 is 0 Å². The number of hydrogen-bond donors (Lipinski definition) is 2. The highest BCUT2D eigenvalue weighted by molar-refractivity contribution is 5.85. The summed E-state index contributed by atoms with van der Waals surface area (Å²) in [7, 11) is 0. The first kappa shape index (κ1) is 15.7. The number of halogens is 1. The average Bonchev–Trinajstić information content (AvgIpc) is 2.17. The standard InChI is InChI=1S/C11H22N2O2.ClH/c1-11(2,3)4-5-13-10(14)9-8-12-6-7-15-9;/h9,12H,4-8H2,1-3H3,(H,13,14);1H/t9-;/m0./s1. The number of amides is 1. The molecule has 0 aromatic rings.